The lowest BCUT2D eigenvalue weighted by Crippen LogP contribution is -2.32. The van der Waals surface area contributed by atoms with Crippen molar-refractivity contribution in [3.63, 3.8) is 0 Å². The minimum atomic E-state index is -0.970. The van der Waals surface area contributed by atoms with Gasteiger partial charge in [-0.3, -0.25) is 4.79 Å². The smallest absolute Gasteiger partial charge is 0.320 e. The van der Waals surface area contributed by atoms with Gasteiger partial charge in [0.1, 0.15) is 6.04 Å². The van der Waals surface area contributed by atoms with Gasteiger partial charge >= 0.3 is 5.97 Å². The first-order valence-corrected chi connectivity index (χ1v) is 5.13. The van der Waals surface area contributed by atoms with Gasteiger partial charge in [-0.05, 0) is 24.6 Å². The number of nitrogens with one attached hydrogen (secondary N) is 1. The number of rotatable bonds is 3. The van der Waals surface area contributed by atoms with Gasteiger partial charge in [-0.15, -0.1) is 0 Å². The van der Waals surface area contributed by atoms with Crippen molar-refractivity contribution in [2.24, 2.45) is 5.73 Å². The quantitative estimate of drug-likeness (QED) is 0.729. The second-order valence-corrected chi connectivity index (χ2v) is 4.01. The summed E-state index contributed by atoms with van der Waals surface area (Å²) in [6.07, 6.45) is 2.17. The topological polar surface area (TPSA) is 79.1 Å². The fourth-order valence-corrected chi connectivity index (χ4v) is 1.79. The van der Waals surface area contributed by atoms with E-state index in [0.29, 0.717) is 6.42 Å². The van der Waals surface area contributed by atoms with E-state index in [0.717, 1.165) is 22.0 Å². The molecule has 4 nitrogen and oxygen atoms in total. The molecule has 0 amide bonds. The zero-order valence-electron chi connectivity index (χ0n) is 9.03. The maximum absolute atomic E-state index is 10.7. The largest absolute Gasteiger partial charge is 0.480 e. The van der Waals surface area contributed by atoms with E-state index in [2.05, 4.69) is 4.98 Å². The van der Waals surface area contributed by atoms with E-state index in [-0.39, 0.29) is 0 Å². The van der Waals surface area contributed by atoms with Crippen LogP contribution in [0.15, 0.2) is 24.4 Å². The van der Waals surface area contributed by atoms with E-state index in [1.54, 1.807) is 0 Å². The third-order valence-electron chi connectivity index (χ3n) is 2.68. The van der Waals surface area contributed by atoms with Crippen molar-refractivity contribution < 1.29 is 9.90 Å². The lowest BCUT2D eigenvalue weighted by Gasteiger charge is -2.05. The summed E-state index contributed by atoms with van der Waals surface area (Å²) < 4.78 is 0. The van der Waals surface area contributed by atoms with Crippen LogP contribution in [0.3, 0.4) is 0 Å². The summed E-state index contributed by atoms with van der Waals surface area (Å²) in [6.45, 7) is 2.01. The summed E-state index contributed by atoms with van der Waals surface area (Å²) in [5, 5.41) is 9.82. The summed E-state index contributed by atoms with van der Waals surface area (Å²) in [5.74, 6) is -0.970. The number of aryl methyl sites for hydroxylation is 1. The molecule has 0 unspecified atom stereocenters. The van der Waals surface area contributed by atoms with Crippen LogP contribution in [-0.2, 0) is 11.2 Å². The summed E-state index contributed by atoms with van der Waals surface area (Å²) in [5.41, 5.74) is 8.64. The van der Waals surface area contributed by atoms with Crippen molar-refractivity contribution >= 4 is 16.9 Å². The Balaban J connectivity index is 2.37. The highest BCUT2D eigenvalue weighted by Crippen LogP contribution is 2.20. The number of nitrogens with two attached hydrogens (primary N) is 1. The second-order valence-electron chi connectivity index (χ2n) is 4.01. The second kappa shape index (κ2) is 3.98. The Kier molecular flexibility index (Phi) is 2.66. The molecular weight excluding hydrogens is 204 g/mol. The lowest BCUT2D eigenvalue weighted by molar-refractivity contribution is -0.138. The number of hydrogen-bond donors (Lipinski definition) is 3. The molecule has 4 heteroatoms. The Labute approximate surface area is 93.1 Å². The molecule has 2 rings (SSSR count). The average Bonchev–Trinajstić information content (AvgIpc) is 2.61. The van der Waals surface area contributed by atoms with Crippen molar-refractivity contribution in [1.29, 1.82) is 0 Å². The monoisotopic (exact) mass is 218 g/mol. The zero-order valence-corrected chi connectivity index (χ0v) is 9.03. The number of hydrogen-bond acceptors (Lipinski definition) is 2. The van der Waals surface area contributed by atoms with E-state index in [4.69, 9.17) is 10.8 Å². The van der Waals surface area contributed by atoms with Gasteiger partial charge in [-0.2, -0.15) is 0 Å². The molecule has 0 aliphatic heterocycles. The number of fused-ring (bicyclic) bond motifs is 1. The number of carboxylic acid groups (broad SMARTS) is 1. The summed E-state index contributed by atoms with van der Waals surface area (Å²) in [6, 6.07) is 5.19. The lowest BCUT2D eigenvalue weighted by atomic mass is 10.0. The molecular formula is C12H14N2O2. The number of carboxylic acids is 1. The maximum Gasteiger partial charge on any atom is 0.320 e. The zero-order chi connectivity index (χ0) is 11.7. The van der Waals surface area contributed by atoms with Crippen LogP contribution in [0.4, 0.5) is 0 Å². The average molecular weight is 218 g/mol. The summed E-state index contributed by atoms with van der Waals surface area (Å²) in [4.78, 5) is 13.8. The van der Waals surface area contributed by atoms with Crippen LogP contribution in [0.2, 0.25) is 0 Å². The highest BCUT2D eigenvalue weighted by Gasteiger charge is 2.14. The minimum absolute atomic E-state index is 0.346. The van der Waals surface area contributed by atoms with E-state index >= 15 is 0 Å². The third kappa shape index (κ3) is 1.92. The van der Waals surface area contributed by atoms with Crippen LogP contribution >= 0.6 is 0 Å². The minimum Gasteiger partial charge on any atom is -0.480 e. The molecule has 0 radical (unpaired) electrons. The Morgan fingerprint density at radius 1 is 1.56 bits per heavy atom. The molecule has 1 aromatic carbocycles. The Bertz CT molecular complexity index is 531. The number of H-pyrrole nitrogens is 1. The highest BCUT2D eigenvalue weighted by atomic mass is 16.4. The van der Waals surface area contributed by atoms with Crippen molar-refractivity contribution in [1.82, 2.24) is 4.98 Å². The van der Waals surface area contributed by atoms with Crippen LogP contribution in [0.1, 0.15) is 11.1 Å². The van der Waals surface area contributed by atoms with E-state index in [9.17, 15) is 4.79 Å². The van der Waals surface area contributed by atoms with Crippen LogP contribution in [0.25, 0.3) is 10.9 Å². The predicted octanol–water partition coefficient (Wildman–Crippen LogP) is 1.43. The predicted molar refractivity (Wildman–Crippen MR) is 62.4 cm³/mol. The van der Waals surface area contributed by atoms with E-state index in [1.807, 2.05) is 31.3 Å². The van der Waals surface area contributed by atoms with Crippen molar-refractivity contribution in [3.05, 3.63) is 35.5 Å². The molecule has 16 heavy (non-hydrogen) atoms. The SMILES string of the molecule is Cc1ccc2[nH]cc(C[C@@H](N)C(=O)O)c2c1. The first-order chi connectivity index (χ1) is 7.58. The molecule has 2 aromatic rings. The first kappa shape index (κ1) is 10.7. The summed E-state index contributed by atoms with van der Waals surface area (Å²) in [7, 11) is 0. The van der Waals surface area contributed by atoms with Crippen molar-refractivity contribution in [2.45, 2.75) is 19.4 Å². The number of aromatic amines is 1. The molecule has 0 saturated heterocycles. The van der Waals surface area contributed by atoms with Crippen molar-refractivity contribution in [3.8, 4) is 0 Å². The number of benzene rings is 1. The number of aliphatic carboxylic acids is 1. The molecule has 84 valence electrons. The van der Waals surface area contributed by atoms with Crippen LogP contribution < -0.4 is 5.73 Å². The summed E-state index contributed by atoms with van der Waals surface area (Å²) >= 11 is 0. The molecule has 1 heterocycles. The number of aromatic nitrogens is 1. The van der Waals surface area contributed by atoms with Gasteiger partial charge in [0.15, 0.2) is 0 Å². The van der Waals surface area contributed by atoms with Crippen molar-refractivity contribution in [2.75, 3.05) is 0 Å². The van der Waals surface area contributed by atoms with E-state index in [1.165, 1.54) is 0 Å². The molecule has 1 atom stereocenters. The van der Waals surface area contributed by atoms with Gasteiger partial charge in [0.2, 0.25) is 0 Å². The van der Waals surface area contributed by atoms with Gasteiger partial charge in [-0.1, -0.05) is 11.6 Å². The molecule has 0 aliphatic carbocycles. The molecule has 0 saturated carbocycles. The van der Waals surface area contributed by atoms with Gasteiger partial charge in [0, 0.05) is 23.5 Å². The van der Waals surface area contributed by atoms with Crippen LogP contribution in [0, 0.1) is 6.92 Å². The Morgan fingerprint density at radius 3 is 3.00 bits per heavy atom. The van der Waals surface area contributed by atoms with Gasteiger partial charge in [0.25, 0.3) is 0 Å². The first-order valence-electron chi connectivity index (χ1n) is 5.13. The third-order valence-corrected chi connectivity index (χ3v) is 2.68. The van der Waals surface area contributed by atoms with Gasteiger partial charge < -0.3 is 15.8 Å². The Morgan fingerprint density at radius 2 is 2.31 bits per heavy atom. The van der Waals surface area contributed by atoms with Gasteiger partial charge in [0.05, 0.1) is 0 Å². The molecule has 0 aliphatic rings. The molecule has 4 N–H and O–H groups in total. The van der Waals surface area contributed by atoms with E-state index < -0.39 is 12.0 Å². The molecule has 1 aromatic heterocycles. The molecule has 0 spiro atoms. The fourth-order valence-electron chi connectivity index (χ4n) is 1.79. The standard InChI is InChI=1S/C12H14N2O2/c1-7-2-3-11-9(4-7)8(6-14-11)5-10(13)12(15)16/h2-4,6,10,14H,5,13H2,1H3,(H,15,16)/t10-/m1/s1. The van der Waals surface area contributed by atoms with Crippen LogP contribution in [-0.4, -0.2) is 22.1 Å². The molecule has 0 bridgehead atoms. The van der Waals surface area contributed by atoms with Crippen LogP contribution in [0.5, 0.6) is 0 Å². The number of carbonyl (C=O) groups is 1. The fraction of sp³-hybridized carbons (Fsp3) is 0.250. The maximum atomic E-state index is 10.7. The molecule has 0 fully saturated rings. The normalized spacial score (nSPS) is 12.9. The van der Waals surface area contributed by atoms with Gasteiger partial charge in [-0.25, -0.2) is 0 Å². The highest BCUT2D eigenvalue weighted by molar-refractivity contribution is 5.85. The Hall–Kier alpha value is -1.81.